The zero-order valence-corrected chi connectivity index (χ0v) is 11.9. The van der Waals surface area contributed by atoms with E-state index in [2.05, 4.69) is 21.6 Å². The summed E-state index contributed by atoms with van der Waals surface area (Å²) >= 11 is 0. The van der Waals surface area contributed by atoms with E-state index in [-0.39, 0.29) is 11.8 Å². The van der Waals surface area contributed by atoms with Gasteiger partial charge in [-0.15, -0.1) is 0 Å². The first kappa shape index (κ1) is 13.2. The molecule has 20 heavy (non-hydrogen) atoms. The molecule has 0 spiro atoms. The Morgan fingerprint density at radius 1 is 1.50 bits per heavy atom. The summed E-state index contributed by atoms with van der Waals surface area (Å²) in [6, 6.07) is 6.04. The molecule has 4 heteroatoms. The third kappa shape index (κ3) is 2.42. The van der Waals surface area contributed by atoms with Crippen molar-refractivity contribution in [3.63, 3.8) is 0 Å². The van der Waals surface area contributed by atoms with Gasteiger partial charge in [-0.05, 0) is 31.4 Å². The molecule has 3 rings (SSSR count). The van der Waals surface area contributed by atoms with Crippen molar-refractivity contribution in [2.24, 2.45) is 5.92 Å². The monoisotopic (exact) mass is 271 g/mol. The van der Waals surface area contributed by atoms with Crippen molar-refractivity contribution in [3.05, 3.63) is 35.8 Å². The zero-order valence-electron chi connectivity index (χ0n) is 11.9. The van der Waals surface area contributed by atoms with E-state index in [1.807, 2.05) is 24.4 Å². The molecule has 0 saturated carbocycles. The van der Waals surface area contributed by atoms with Gasteiger partial charge in [0.15, 0.2) is 0 Å². The first-order valence-corrected chi connectivity index (χ1v) is 7.52. The summed E-state index contributed by atoms with van der Waals surface area (Å²) in [4.78, 5) is 16.9. The Morgan fingerprint density at radius 2 is 2.40 bits per heavy atom. The van der Waals surface area contributed by atoms with Crippen LogP contribution in [0.5, 0.6) is 0 Å². The number of unbranched alkanes of at least 4 members (excludes halogenated alkanes) is 1. The minimum absolute atomic E-state index is 0.0967. The van der Waals surface area contributed by atoms with Crippen molar-refractivity contribution in [2.45, 2.75) is 39.0 Å². The van der Waals surface area contributed by atoms with Crippen LogP contribution in [0.15, 0.2) is 24.4 Å². The van der Waals surface area contributed by atoms with Gasteiger partial charge in [0.1, 0.15) is 5.65 Å². The number of nitrogens with one attached hydrogen (secondary N) is 1. The fourth-order valence-electron chi connectivity index (χ4n) is 2.91. The molecule has 4 nitrogen and oxygen atoms in total. The van der Waals surface area contributed by atoms with Crippen LogP contribution in [0.1, 0.15) is 37.6 Å². The molecule has 1 amide bonds. The van der Waals surface area contributed by atoms with Crippen LogP contribution in [0.25, 0.3) is 5.65 Å². The number of aromatic nitrogens is 2. The number of aryl methyl sites for hydroxylation is 1. The van der Waals surface area contributed by atoms with Crippen LogP contribution in [-0.2, 0) is 17.6 Å². The lowest BCUT2D eigenvalue weighted by Gasteiger charge is -2.21. The number of amides is 1. The second-order valence-electron chi connectivity index (χ2n) is 5.52. The summed E-state index contributed by atoms with van der Waals surface area (Å²) < 4.78 is 2.13. The normalized spacial score (nSPS) is 17.9. The highest BCUT2D eigenvalue weighted by Crippen LogP contribution is 2.26. The van der Waals surface area contributed by atoms with Gasteiger partial charge in [0.25, 0.3) is 0 Å². The maximum atomic E-state index is 12.2. The molecule has 1 aliphatic rings. The molecule has 0 radical (unpaired) electrons. The lowest BCUT2D eigenvalue weighted by atomic mass is 9.89. The summed E-state index contributed by atoms with van der Waals surface area (Å²) in [5.41, 5.74) is 3.36. The van der Waals surface area contributed by atoms with Gasteiger partial charge in [-0.25, -0.2) is 4.98 Å². The van der Waals surface area contributed by atoms with Crippen molar-refractivity contribution < 1.29 is 4.79 Å². The number of pyridine rings is 1. The number of hydrogen-bond donors (Lipinski definition) is 1. The van der Waals surface area contributed by atoms with Crippen LogP contribution in [0.4, 0.5) is 0 Å². The van der Waals surface area contributed by atoms with Gasteiger partial charge in [-0.1, -0.05) is 19.4 Å². The second kappa shape index (κ2) is 5.65. The largest absolute Gasteiger partial charge is 0.356 e. The standard InChI is InChI=1S/C16H21N3O/c1-2-3-9-17-16(20)12-7-8-13-14(11-12)19-10-5-4-6-15(19)18-13/h4-6,10,12H,2-3,7-9,11H2,1H3,(H,17,20). The van der Waals surface area contributed by atoms with Gasteiger partial charge < -0.3 is 9.72 Å². The number of nitrogens with zero attached hydrogens (tertiary/aromatic N) is 2. The van der Waals surface area contributed by atoms with Gasteiger partial charge in [0.05, 0.1) is 5.69 Å². The summed E-state index contributed by atoms with van der Waals surface area (Å²) in [5.74, 6) is 0.300. The molecule has 1 unspecified atom stereocenters. The lowest BCUT2D eigenvalue weighted by molar-refractivity contribution is -0.125. The van der Waals surface area contributed by atoms with Gasteiger partial charge in [0.2, 0.25) is 5.91 Å². The van der Waals surface area contributed by atoms with Crippen LogP contribution in [0.3, 0.4) is 0 Å². The Labute approximate surface area is 119 Å². The van der Waals surface area contributed by atoms with Crippen LogP contribution in [0, 0.1) is 5.92 Å². The van der Waals surface area contributed by atoms with Gasteiger partial charge in [-0.3, -0.25) is 4.79 Å². The highest BCUT2D eigenvalue weighted by molar-refractivity contribution is 5.79. The number of hydrogen-bond acceptors (Lipinski definition) is 2. The first-order chi connectivity index (χ1) is 9.79. The minimum atomic E-state index is 0.0967. The Hall–Kier alpha value is -1.84. The van der Waals surface area contributed by atoms with E-state index in [0.29, 0.717) is 0 Å². The molecule has 0 aliphatic heterocycles. The molecule has 0 saturated heterocycles. The van der Waals surface area contributed by atoms with Crippen molar-refractivity contribution in [2.75, 3.05) is 6.54 Å². The molecule has 1 N–H and O–H groups in total. The molecular weight excluding hydrogens is 250 g/mol. The van der Waals surface area contributed by atoms with Gasteiger partial charge >= 0.3 is 0 Å². The zero-order chi connectivity index (χ0) is 13.9. The Balaban J connectivity index is 1.76. The van der Waals surface area contributed by atoms with Gasteiger partial charge in [-0.2, -0.15) is 0 Å². The lowest BCUT2D eigenvalue weighted by Crippen LogP contribution is -2.34. The van der Waals surface area contributed by atoms with Crippen LogP contribution in [-0.4, -0.2) is 21.8 Å². The predicted octanol–water partition coefficient (Wildman–Crippen LogP) is 2.36. The fourth-order valence-corrected chi connectivity index (χ4v) is 2.91. The predicted molar refractivity (Wildman–Crippen MR) is 78.6 cm³/mol. The molecule has 2 aromatic heterocycles. The molecule has 0 bridgehead atoms. The number of fused-ring (bicyclic) bond motifs is 3. The van der Waals surface area contributed by atoms with Crippen LogP contribution >= 0.6 is 0 Å². The van der Waals surface area contributed by atoms with E-state index in [1.165, 1.54) is 5.69 Å². The highest BCUT2D eigenvalue weighted by Gasteiger charge is 2.27. The van der Waals surface area contributed by atoms with Crippen molar-refractivity contribution >= 4 is 11.6 Å². The van der Waals surface area contributed by atoms with Crippen LogP contribution in [0.2, 0.25) is 0 Å². The van der Waals surface area contributed by atoms with E-state index in [4.69, 9.17) is 0 Å². The molecule has 2 heterocycles. The third-order valence-corrected chi connectivity index (χ3v) is 4.08. The fraction of sp³-hybridized carbons (Fsp3) is 0.500. The molecule has 1 aliphatic carbocycles. The Bertz CT molecular complexity index is 617. The molecule has 0 fully saturated rings. The molecular formula is C16H21N3O. The van der Waals surface area contributed by atoms with E-state index >= 15 is 0 Å². The number of carbonyl (C=O) groups is 1. The van der Waals surface area contributed by atoms with E-state index in [0.717, 1.165) is 50.0 Å². The summed E-state index contributed by atoms with van der Waals surface area (Å²) in [7, 11) is 0. The first-order valence-electron chi connectivity index (χ1n) is 7.52. The maximum absolute atomic E-state index is 12.2. The minimum Gasteiger partial charge on any atom is -0.356 e. The second-order valence-corrected chi connectivity index (χ2v) is 5.52. The smallest absolute Gasteiger partial charge is 0.223 e. The topological polar surface area (TPSA) is 46.4 Å². The molecule has 2 aromatic rings. The van der Waals surface area contributed by atoms with Crippen molar-refractivity contribution in [3.8, 4) is 0 Å². The SMILES string of the molecule is CCCCNC(=O)C1CCc2nc3ccccn3c2C1. The van der Waals surface area contributed by atoms with E-state index in [9.17, 15) is 4.79 Å². The number of carbonyl (C=O) groups excluding carboxylic acids is 1. The third-order valence-electron chi connectivity index (χ3n) is 4.08. The molecule has 106 valence electrons. The Kier molecular flexibility index (Phi) is 3.72. The van der Waals surface area contributed by atoms with E-state index < -0.39 is 0 Å². The summed E-state index contributed by atoms with van der Waals surface area (Å²) in [5, 5.41) is 3.06. The Morgan fingerprint density at radius 3 is 3.25 bits per heavy atom. The summed E-state index contributed by atoms with van der Waals surface area (Å²) in [6.45, 7) is 2.93. The average molecular weight is 271 g/mol. The number of imidazole rings is 1. The quantitative estimate of drug-likeness (QED) is 0.868. The van der Waals surface area contributed by atoms with Gasteiger partial charge in [0, 0.05) is 30.8 Å². The summed E-state index contributed by atoms with van der Waals surface area (Å²) in [6.07, 6.45) is 6.83. The average Bonchev–Trinajstić information content (AvgIpc) is 2.85. The molecule has 0 aromatic carbocycles. The van der Waals surface area contributed by atoms with Crippen molar-refractivity contribution in [1.82, 2.24) is 14.7 Å². The van der Waals surface area contributed by atoms with E-state index in [1.54, 1.807) is 0 Å². The molecule has 1 atom stereocenters. The highest BCUT2D eigenvalue weighted by atomic mass is 16.1. The van der Waals surface area contributed by atoms with Crippen molar-refractivity contribution in [1.29, 1.82) is 0 Å². The van der Waals surface area contributed by atoms with Crippen LogP contribution < -0.4 is 5.32 Å². The number of rotatable bonds is 4. The maximum Gasteiger partial charge on any atom is 0.223 e.